The molecule has 1 rings (SSSR count). The number of hydrogen-bond donors (Lipinski definition) is 0. The molecule has 0 N–H and O–H groups in total. The van der Waals surface area contributed by atoms with Crippen molar-refractivity contribution in [2.45, 2.75) is 78.7 Å². The molecule has 1 nitrogen and oxygen atoms in total. The highest BCUT2D eigenvalue weighted by molar-refractivity contribution is 6.87. The summed E-state index contributed by atoms with van der Waals surface area (Å²) in [6, 6.07) is 11.6. The number of nitrogens with zero attached hydrogens (tertiary/aromatic N) is 1. The molecular weight excluding hydrogens is 318 g/mol. The second-order valence-electron chi connectivity index (χ2n) is 9.07. The highest BCUT2D eigenvalue weighted by atomic mass is 28.3. The number of benzene rings is 1. The van der Waals surface area contributed by atoms with Crippen LogP contribution in [0.2, 0.25) is 18.1 Å². The Morgan fingerprint density at radius 2 is 1.56 bits per heavy atom. The Kier molecular flexibility index (Phi) is 7.72. The molecule has 0 atom stereocenters. The Morgan fingerprint density at radius 3 is 2.00 bits per heavy atom. The van der Waals surface area contributed by atoms with Crippen LogP contribution < -0.4 is 0 Å². The Labute approximate surface area is 157 Å². The van der Waals surface area contributed by atoms with Crippen LogP contribution in [0.4, 0.5) is 0 Å². The predicted molar refractivity (Wildman–Crippen MR) is 116 cm³/mol. The SMILES string of the molecule is CC(C)N(C/C(C#C[Si](C)(C)C(C)(C)C)=C/c1ccccc1)C(C)C. The van der Waals surface area contributed by atoms with Gasteiger partial charge in [-0.3, -0.25) is 4.90 Å². The monoisotopic (exact) mass is 355 g/mol. The van der Waals surface area contributed by atoms with E-state index in [1.54, 1.807) is 0 Å². The zero-order valence-electron chi connectivity index (χ0n) is 17.8. The minimum absolute atomic E-state index is 0.285. The van der Waals surface area contributed by atoms with E-state index in [2.05, 4.69) is 114 Å². The van der Waals surface area contributed by atoms with Crippen molar-refractivity contribution in [1.29, 1.82) is 0 Å². The lowest BCUT2D eigenvalue weighted by atomic mass is 10.1. The third kappa shape index (κ3) is 6.84. The fourth-order valence-electron chi connectivity index (χ4n) is 2.45. The van der Waals surface area contributed by atoms with Crippen molar-refractivity contribution in [2.24, 2.45) is 0 Å². The quantitative estimate of drug-likeness (QED) is 0.446. The highest BCUT2D eigenvalue weighted by Gasteiger charge is 2.33. The summed E-state index contributed by atoms with van der Waals surface area (Å²) in [5, 5.41) is 0.285. The molecule has 25 heavy (non-hydrogen) atoms. The summed E-state index contributed by atoms with van der Waals surface area (Å²) in [6.07, 6.45) is 2.26. The van der Waals surface area contributed by atoms with Crippen LogP contribution in [0.25, 0.3) is 6.08 Å². The van der Waals surface area contributed by atoms with Gasteiger partial charge in [0.25, 0.3) is 0 Å². The summed E-state index contributed by atoms with van der Waals surface area (Å²) in [6.45, 7) is 21.7. The minimum Gasteiger partial charge on any atom is -0.294 e. The van der Waals surface area contributed by atoms with Crippen LogP contribution in [0.15, 0.2) is 35.9 Å². The van der Waals surface area contributed by atoms with Gasteiger partial charge in [0.05, 0.1) is 0 Å². The lowest BCUT2D eigenvalue weighted by molar-refractivity contribution is 0.194. The number of hydrogen-bond acceptors (Lipinski definition) is 1. The van der Waals surface area contributed by atoms with Crippen molar-refractivity contribution >= 4 is 14.1 Å². The largest absolute Gasteiger partial charge is 0.294 e. The zero-order chi connectivity index (χ0) is 19.3. The van der Waals surface area contributed by atoms with Crippen LogP contribution in [-0.4, -0.2) is 31.6 Å². The molecule has 0 saturated heterocycles. The maximum Gasteiger partial charge on any atom is 0.138 e. The first kappa shape index (κ1) is 21.7. The third-order valence-electron chi connectivity index (χ3n) is 5.23. The van der Waals surface area contributed by atoms with E-state index in [9.17, 15) is 0 Å². The summed E-state index contributed by atoms with van der Waals surface area (Å²) in [5.74, 6) is 3.59. The summed E-state index contributed by atoms with van der Waals surface area (Å²) in [4.78, 5) is 2.51. The van der Waals surface area contributed by atoms with E-state index >= 15 is 0 Å². The first-order chi connectivity index (χ1) is 11.4. The molecule has 0 aliphatic rings. The first-order valence-electron chi connectivity index (χ1n) is 9.48. The molecule has 138 valence electrons. The Morgan fingerprint density at radius 1 is 1.04 bits per heavy atom. The zero-order valence-corrected chi connectivity index (χ0v) is 18.8. The van der Waals surface area contributed by atoms with Gasteiger partial charge in [0.2, 0.25) is 0 Å². The van der Waals surface area contributed by atoms with E-state index in [0.717, 1.165) is 6.54 Å². The van der Waals surface area contributed by atoms with Gasteiger partial charge in [-0.2, -0.15) is 0 Å². The van der Waals surface area contributed by atoms with Crippen LogP contribution in [0, 0.1) is 11.5 Å². The van der Waals surface area contributed by atoms with Gasteiger partial charge in [-0.05, 0) is 44.4 Å². The first-order valence-corrected chi connectivity index (χ1v) is 12.5. The molecule has 0 heterocycles. The highest BCUT2D eigenvalue weighted by Crippen LogP contribution is 2.35. The van der Waals surface area contributed by atoms with Gasteiger partial charge in [-0.15, -0.1) is 5.54 Å². The van der Waals surface area contributed by atoms with Crippen LogP contribution in [0.3, 0.4) is 0 Å². The van der Waals surface area contributed by atoms with E-state index in [1.807, 2.05) is 0 Å². The average Bonchev–Trinajstić information content (AvgIpc) is 2.49. The topological polar surface area (TPSA) is 3.24 Å². The van der Waals surface area contributed by atoms with Crippen LogP contribution in [0.5, 0.6) is 0 Å². The minimum atomic E-state index is -1.61. The molecule has 0 aromatic heterocycles. The molecule has 0 radical (unpaired) electrons. The summed E-state index contributed by atoms with van der Waals surface area (Å²) >= 11 is 0. The normalized spacial score (nSPS) is 13.4. The maximum atomic E-state index is 3.70. The van der Waals surface area contributed by atoms with Gasteiger partial charge in [0, 0.05) is 24.2 Å². The van der Waals surface area contributed by atoms with Crippen molar-refractivity contribution in [3.8, 4) is 11.5 Å². The summed E-state index contributed by atoms with van der Waals surface area (Å²) < 4.78 is 0. The van der Waals surface area contributed by atoms with Crippen molar-refractivity contribution in [1.82, 2.24) is 4.90 Å². The van der Waals surface area contributed by atoms with Crippen LogP contribution >= 0.6 is 0 Å². The molecule has 0 spiro atoms. The fourth-order valence-corrected chi connectivity index (χ4v) is 3.30. The molecule has 2 heteroatoms. The Balaban J connectivity index is 3.24. The predicted octanol–water partition coefficient (Wildman–Crippen LogP) is 6.24. The molecule has 1 aromatic carbocycles. The van der Waals surface area contributed by atoms with Gasteiger partial charge in [-0.1, -0.05) is 70.1 Å². The lowest BCUT2D eigenvalue weighted by Crippen LogP contribution is -2.38. The van der Waals surface area contributed by atoms with E-state index in [-0.39, 0.29) is 5.04 Å². The van der Waals surface area contributed by atoms with Gasteiger partial charge in [0.1, 0.15) is 8.07 Å². The molecule has 0 aliphatic carbocycles. The molecule has 0 saturated carbocycles. The molecule has 0 unspecified atom stereocenters. The summed E-state index contributed by atoms with van der Waals surface area (Å²) in [5.41, 5.74) is 6.15. The van der Waals surface area contributed by atoms with Gasteiger partial charge < -0.3 is 0 Å². The summed E-state index contributed by atoms with van der Waals surface area (Å²) in [7, 11) is -1.61. The van der Waals surface area contributed by atoms with Gasteiger partial charge >= 0.3 is 0 Å². The van der Waals surface area contributed by atoms with Crippen molar-refractivity contribution in [3.63, 3.8) is 0 Å². The van der Waals surface area contributed by atoms with Crippen LogP contribution in [0.1, 0.15) is 54.0 Å². The Bertz CT molecular complexity index is 614. The van der Waals surface area contributed by atoms with E-state index in [1.165, 1.54) is 11.1 Å². The standard InChI is InChI=1S/C23H37NSi/c1-19(2)24(20(3)4)18-22(17-21-13-11-10-12-14-21)15-16-25(8,9)23(5,6)7/h10-14,17,19-20H,18H2,1-9H3/b22-17+. The van der Waals surface area contributed by atoms with E-state index in [0.29, 0.717) is 12.1 Å². The molecule has 0 fully saturated rings. The van der Waals surface area contributed by atoms with Crippen LogP contribution in [-0.2, 0) is 0 Å². The molecule has 1 aromatic rings. The third-order valence-corrected chi connectivity index (χ3v) is 9.73. The van der Waals surface area contributed by atoms with Gasteiger partial charge in [-0.25, -0.2) is 0 Å². The van der Waals surface area contributed by atoms with E-state index in [4.69, 9.17) is 0 Å². The Hall–Kier alpha value is -1.30. The molecule has 0 amide bonds. The van der Waals surface area contributed by atoms with Crippen molar-refractivity contribution in [2.75, 3.05) is 6.54 Å². The second kappa shape index (κ2) is 8.88. The van der Waals surface area contributed by atoms with Gasteiger partial charge in [0.15, 0.2) is 0 Å². The molecular formula is C23H37NSi. The van der Waals surface area contributed by atoms with Crippen molar-refractivity contribution in [3.05, 3.63) is 41.5 Å². The van der Waals surface area contributed by atoms with E-state index < -0.39 is 8.07 Å². The number of rotatable bonds is 5. The average molecular weight is 356 g/mol. The maximum absolute atomic E-state index is 3.70. The fraction of sp³-hybridized carbons (Fsp3) is 0.565. The second-order valence-corrected chi connectivity index (χ2v) is 14.1. The lowest BCUT2D eigenvalue weighted by Gasteiger charge is -2.32. The smallest absolute Gasteiger partial charge is 0.138 e. The molecule has 0 aliphatic heterocycles. The molecule has 0 bridgehead atoms. The van der Waals surface area contributed by atoms with Crippen molar-refractivity contribution < 1.29 is 0 Å².